The third-order valence-electron chi connectivity index (χ3n) is 4.94. The molecular formula is C21H24FNO2. The van der Waals surface area contributed by atoms with Crippen molar-refractivity contribution in [1.82, 2.24) is 5.32 Å². The summed E-state index contributed by atoms with van der Waals surface area (Å²) in [5.74, 6) is -1.10. The molecule has 1 heterocycles. The molecule has 0 spiro atoms. The zero-order chi connectivity index (χ0) is 18.2. The minimum absolute atomic E-state index is 0.00122. The standard InChI is InChI=1S/C21H24FNO2/c1-5-25-20(24)15-10-11-16-17(18(15)22)19(23-12-21(16,3)4)14-9-7-6-8-13(14)2/h6-11,19,23H,5,12H2,1-4H3. The van der Waals surface area contributed by atoms with E-state index >= 15 is 4.39 Å². The van der Waals surface area contributed by atoms with E-state index in [1.807, 2.05) is 37.3 Å². The highest BCUT2D eigenvalue weighted by atomic mass is 19.1. The molecule has 0 saturated heterocycles. The number of nitrogens with one attached hydrogen (secondary N) is 1. The van der Waals surface area contributed by atoms with E-state index in [1.165, 1.54) is 0 Å². The highest BCUT2D eigenvalue weighted by Crippen LogP contribution is 2.40. The molecule has 1 aliphatic rings. The van der Waals surface area contributed by atoms with Crippen LogP contribution in [-0.4, -0.2) is 19.1 Å². The summed E-state index contributed by atoms with van der Waals surface area (Å²) in [6.45, 7) is 8.85. The lowest BCUT2D eigenvalue weighted by atomic mass is 9.74. The molecule has 0 fully saturated rings. The number of ether oxygens (including phenoxy) is 1. The zero-order valence-electron chi connectivity index (χ0n) is 15.2. The fourth-order valence-corrected chi connectivity index (χ4v) is 3.56. The average molecular weight is 341 g/mol. The molecule has 2 aromatic carbocycles. The van der Waals surface area contributed by atoms with Crippen molar-refractivity contribution in [3.05, 3.63) is 70.0 Å². The van der Waals surface area contributed by atoms with Crippen molar-refractivity contribution in [2.75, 3.05) is 13.2 Å². The van der Waals surface area contributed by atoms with E-state index in [9.17, 15) is 4.79 Å². The van der Waals surface area contributed by atoms with E-state index in [-0.39, 0.29) is 23.6 Å². The Morgan fingerprint density at radius 2 is 2.00 bits per heavy atom. The van der Waals surface area contributed by atoms with Gasteiger partial charge in [-0.25, -0.2) is 9.18 Å². The first kappa shape index (κ1) is 17.6. The Morgan fingerprint density at radius 3 is 2.68 bits per heavy atom. The maximum absolute atomic E-state index is 15.4. The summed E-state index contributed by atoms with van der Waals surface area (Å²) in [6.07, 6.45) is 0. The minimum Gasteiger partial charge on any atom is -0.462 e. The van der Waals surface area contributed by atoms with E-state index in [1.54, 1.807) is 13.0 Å². The summed E-state index contributed by atoms with van der Waals surface area (Å²) in [4.78, 5) is 12.1. The first-order chi connectivity index (χ1) is 11.9. The maximum atomic E-state index is 15.4. The molecule has 3 nitrogen and oxygen atoms in total. The van der Waals surface area contributed by atoms with E-state index < -0.39 is 11.8 Å². The van der Waals surface area contributed by atoms with Crippen LogP contribution >= 0.6 is 0 Å². The summed E-state index contributed by atoms with van der Waals surface area (Å²) in [5, 5.41) is 3.47. The molecule has 1 N–H and O–H groups in total. The Kier molecular flexibility index (Phi) is 4.65. The largest absolute Gasteiger partial charge is 0.462 e. The highest BCUT2D eigenvalue weighted by Gasteiger charge is 2.37. The Balaban J connectivity index is 2.21. The van der Waals surface area contributed by atoms with Crippen molar-refractivity contribution >= 4 is 5.97 Å². The summed E-state index contributed by atoms with van der Waals surface area (Å²) in [5.41, 5.74) is 3.38. The van der Waals surface area contributed by atoms with Crippen LogP contribution in [0.3, 0.4) is 0 Å². The van der Waals surface area contributed by atoms with Crippen molar-refractivity contribution in [1.29, 1.82) is 0 Å². The zero-order valence-corrected chi connectivity index (χ0v) is 15.2. The monoisotopic (exact) mass is 341 g/mol. The molecule has 0 radical (unpaired) electrons. The molecule has 0 aliphatic carbocycles. The van der Waals surface area contributed by atoms with Crippen molar-refractivity contribution < 1.29 is 13.9 Å². The third-order valence-corrected chi connectivity index (χ3v) is 4.94. The van der Waals surface area contributed by atoms with Crippen LogP contribution in [0.4, 0.5) is 4.39 Å². The van der Waals surface area contributed by atoms with Gasteiger partial charge in [-0.2, -0.15) is 0 Å². The molecule has 0 bridgehead atoms. The number of fused-ring (bicyclic) bond motifs is 1. The molecular weight excluding hydrogens is 317 g/mol. The van der Waals surface area contributed by atoms with Gasteiger partial charge in [0.15, 0.2) is 0 Å². The lowest BCUT2D eigenvalue weighted by molar-refractivity contribution is 0.0520. The fraction of sp³-hybridized carbons (Fsp3) is 0.381. The topological polar surface area (TPSA) is 38.3 Å². The van der Waals surface area contributed by atoms with Gasteiger partial charge in [0.05, 0.1) is 18.2 Å². The maximum Gasteiger partial charge on any atom is 0.341 e. The third kappa shape index (κ3) is 3.07. The van der Waals surface area contributed by atoms with Gasteiger partial charge in [-0.05, 0) is 36.6 Å². The summed E-state index contributed by atoms with van der Waals surface area (Å²) < 4.78 is 20.4. The van der Waals surface area contributed by atoms with Crippen LogP contribution in [0.5, 0.6) is 0 Å². The lowest BCUT2D eigenvalue weighted by Gasteiger charge is -2.39. The normalized spacial score (nSPS) is 18.5. The molecule has 1 aliphatic heterocycles. The molecule has 2 aromatic rings. The number of benzene rings is 2. The number of carbonyl (C=O) groups excluding carboxylic acids is 1. The van der Waals surface area contributed by atoms with Gasteiger partial charge in [-0.15, -0.1) is 0 Å². The fourth-order valence-electron chi connectivity index (χ4n) is 3.56. The summed E-state index contributed by atoms with van der Waals surface area (Å²) >= 11 is 0. The summed E-state index contributed by atoms with van der Waals surface area (Å²) in [7, 11) is 0. The number of aryl methyl sites for hydroxylation is 1. The van der Waals surface area contributed by atoms with Crippen molar-refractivity contribution in [2.24, 2.45) is 0 Å². The van der Waals surface area contributed by atoms with Gasteiger partial charge >= 0.3 is 5.97 Å². The molecule has 0 aromatic heterocycles. The van der Waals surface area contributed by atoms with Crippen molar-refractivity contribution in [3.63, 3.8) is 0 Å². The Bertz CT molecular complexity index is 814. The van der Waals surface area contributed by atoms with Gasteiger partial charge in [0.25, 0.3) is 0 Å². The highest BCUT2D eigenvalue weighted by molar-refractivity contribution is 5.90. The Morgan fingerprint density at radius 1 is 1.28 bits per heavy atom. The van der Waals surface area contributed by atoms with Gasteiger partial charge in [0.1, 0.15) is 5.82 Å². The van der Waals surface area contributed by atoms with E-state index in [2.05, 4.69) is 19.2 Å². The van der Waals surface area contributed by atoms with Gasteiger partial charge in [-0.1, -0.05) is 44.2 Å². The van der Waals surface area contributed by atoms with Crippen LogP contribution in [-0.2, 0) is 10.2 Å². The Hall–Kier alpha value is -2.20. The predicted octanol–water partition coefficient (Wildman–Crippen LogP) is 4.28. The smallest absolute Gasteiger partial charge is 0.341 e. The van der Waals surface area contributed by atoms with Crippen LogP contribution in [0.15, 0.2) is 36.4 Å². The SMILES string of the molecule is CCOC(=O)c1ccc2c(c1F)C(c1ccccc1C)NCC2(C)C. The van der Waals surface area contributed by atoms with Gasteiger partial charge in [0, 0.05) is 17.5 Å². The Labute approximate surface area is 148 Å². The minimum atomic E-state index is -0.616. The molecule has 0 saturated carbocycles. The van der Waals surface area contributed by atoms with Crippen molar-refractivity contribution in [3.8, 4) is 0 Å². The van der Waals surface area contributed by atoms with Crippen LogP contribution in [0, 0.1) is 12.7 Å². The first-order valence-electron chi connectivity index (χ1n) is 8.65. The van der Waals surface area contributed by atoms with Crippen LogP contribution in [0.25, 0.3) is 0 Å². The quantitative estimate of drug-likeness (QED) is 0.847. The van der Waals surface area contributed by atoms with Crippen LogP contribution < -0.4 is 5.32 Å². The lowest BCUT2D eigenvalue weighted by Crippen LogP contribution is -2.43. The van der Waals surface area contributed by atoms with Gasteiger partial charge < -0.3 is 10.1 Å². The van der Waals surface area contributed by atoms with Gasteiger partial charge in [-0.3, -0.25) is 0 Å². The molecule has 1 unspecified atom stereocenters. The second kappa shape index (κ2) is 6.60. The van der Waals surface area contributed by atoms with Gasteiger partial charge in [0.2, 0.25) is 0 Å². The second-order valence-electron chi connectivity index (χ2n) is 7.16. The molecule has 4 heteroatoms. The predicted molar refractivity (Wildman–Crippen MR) is 96.4 cm³/mol. The number of halogens is 1. The molecule has 0 amide bonds. The molecule has 1 atom stereocenters. The average Bonchev–Trinajstić information content (AvgIpc) is 2.56. The molecule has 3 rings (SSSR count). The first-order valence-corrected chi connectivity index (χ1v) is 8.65. The number of carbonyl (C=O) groups is 1. The van der Waals surface area contributed by atoms with E-state index in [4.69, 9.17) is 4.74 Å². The number of hydrogen-bond acceptors (Lipinski definition) is 3. The summed E-state index contributed by atoms with van der Waals surface area (Å²) in [6, 6.07) is 11.1. The van der Waals surface area contributed by atoms with Crippen LogP contribution in [0.2, 0.25) is 0 Å². The van der Waals surface area contributed by atoms with Crippen molar-refractivity contribution in [2.45, 2.75) is 39.2 Å². The molecule has 132 valence electrons. The number of esters is 1. The number of hydrogen-bond donors (Lipinski definition) is 1. The van der Waals surface area contributed by atoms with Crippen LogP contribution in [0.1, 0.15) is 59.4 Å². The second-order valence-corrected chi connectivity index (χ2v) is 7.16. The molecule has 25 heavy (non-hydrogen) atoms. The van der Waals surface area contributed by atoms with E-state index in [0.29, 0.717) is 5.56 Å². The number of rotatable bonds is 3. The van der Waals surface area contributed by atoms with E-state index in [0.717, 1.165) is 23.2 Å².